The number of rotatable bonds is 4. The van der Waals surface area contributed by atoms with Crippen LogP contribution in [0.25, 0.3) is 0 Å². The van der Waals surface area contributed by atoms with E-state index < -0.39 is 6.43 Å². The van der Waals surface area contributed by atoms with Gasteiger partial charge in [-0.15, -0.1) is 0 Å². The number of pyridine rings is 1. The summed E-state index contributed by atoms with van der Waals surface area (Å²) in [6, 6.07) is 1.86. The van der Waals surface area contributed by atoms with Gasteiger partial charge in [0.05, 0.1) is 0 Å². The van der Waals surface area contributed by atoms with Crippen molar-refractivity contribution >= 4 is 5.82 Å². The van der Waals surface area contributed by atoms with Crippen molar-refractivity contribution in [1.29, 1.82) is 0 Å². The lowest BCUT2D eigenvalue weighted by molar-refractivity contribution is 0.120. The van der Waals surface area contributed by atoms with Crippen molar-refractivity contribution in [2.45, 2.75) is 39.5 Å². The Bertz CT molecular complexity index is 351. The molecule has 2 N–H and O–H groups in total. The highest BCUT2D eigenvalue weighted by atomic mass is 19.3. The lowest BCUT2D eigenvalue weighted by atomic mass is 9.85. The molecule has 0 radical (unpaired) electrons. The van der Waals surface area contributed by atoms with E-state index in [4.69, 9.17) is 5.73 Å². The van der Waals surface area contributed by atoms with Gasteiger partial charge < -0.3 is 5.73 Å². The van der Waals surface area contributed by atoms with Gasteiger partial charge >= 0.3 is 0 Å². The Morgan fingerprint density at radius 2 is 2.00 bits per heavy atom. The summed E-state index contributed by atoms with van der Waals surface area (Å²) in [7, 11) is 0. The summed E-state index contributed by atoms with van der Waals surface area (Å²) in [5.74, 6) is 0.261. The molecule has 1 aromatic heterocycles. The van der Waals surface area contributed by atoms with E-state index in [1.165, 1.54) is 0 Å². The summed E-state index contributed by atoms with van der Waals surface area (Å²) in [5, 5.41) is 0. The molecule has 0 spiro atoms. The van der Waals surface area contributed by atoms with E-state index in [0.29, 0.717) is 5.82 Å². The standard InChI is InChI=1S/C12H18F2N2/c1-7(2)9(5-11(13)14)10-4-8(3)6-16-12(10)15/h4,6-7,9,11H,5H2,1-3H3,(H2,15,16). The SMILES string of the molecule is Cc1cnc(N)c(C(CC(F)F)C(C)C)c1. The molecule has 1 heterocycles. The molecule has 1 aromatic rings. The van der Waals surface area contributed by atoms with Crippen LogP contribution in [-0.4, -0.2) is 11.4 Å². The molecule has 0 aromatic carbocycles. The summed E-state index contributed by atoms with van der Waals surface area (Å²) < 4.78 is 25.0. The van der Waals surface area contributed by atoms with Gasteiger partial charge in [0.2, 0.25) is 6.43 Å². The third kappa shape index (κ3) is 3.15. The fourth-order valence-electron chi connectivity index (χ4n) is 1.85. The van der Waals surface area contributed by atoms with Crippen molar-refractivity contribution in [3.8, 4) is 0 Å². The molecular formula is C12H18F2N2. The summed E-state index contributed by atoms with van der Waals surface area (Å²) >= 11 is 0. The molecule has 0 bridgehead atoms. The number of nitrogen functional groups attached to an aromatic ring is 1. The normalized spacial score (nSPS) is 13.4. The van der Waals surface area contributed by atoms with Crippen LogP contribution in [-0.2, 0) is 0 Å². The lowest BCUT2D eigenvalue weighted by Gasteiger charge is -2.22. The minimum atomic E-state index is -2.31. The maximum Gasteiger partial charge on any atom is 0.239 e. The first-order valence-electron chi connectivity index (χ1n) is 5.42. The Morgan fingerprint density at radius 1 is 1.38 bits per heavy atom. The number of halogens is 2. The fourth-order valence-corrected chi connectivity index (χ4v) is 1.85. The lowest BCUT2D eigenvalue weighted by Crippen LogP contribution is -2.14. The fraction of sp³-hybridized carbons (Fsp3) is 0.583. The molecule has 0 saturated heterocycles. The highest BCUT2D eigenvalue weighted by Gasteiger charge is 2.23. The number of nitrogens with zero attached hydrogens (tertiary/aromatic N) is 1. The van der Waals surface area contributed by atoms with Crippen molar-refractivity contribution in [3.63, 3.8) is 0 Å². The molecular weight excluding hydrogens is 210 g/mol. The smallest absolute Gasteiger partial charge is 0.239 e. The van der Waals surface area contributed by atoms with Crippen LogP contribution in [0.5, 0.6) is 0 Å². The zero-order valence-electron chi connectivity index (χ0n) is 9.87. The molecule has 1 unspecified atom stereocenters. The molecule has 0 aliphatic heterocycles. The Kier molecular flexibility index (Phi) is 4.21. The van der Waals surface area contributed by atoms with E-state index in [1.54, 1.807) is 6.20 Å². The minimum Gasteiger partial charge on any atom is -0.383 e. The van der Waals surface area contributed by atoms with Gasteiger partial charge in [-0.05, 0) is 29.9 Å². The topological polar surface area (TPSA) is 38.9 Å². The highest BCUT2D eigenvalue weighted by molar-refractivity contribution is 5.43. The molecule has 0 fully saturated rings. The first-order valence-corrected chi connectivity index (χ1v) is 5.42. The van der Waals surface area contributed by atoms with E-state index in [9.17, 15) is 8.78 Å². The van der Waals surface area contributed by atoms with Crippen molar-refractivity contribution in [1.82, 2.24) is 4.98 Å². The van der Waals surface area contributed by atoms with Crippen molar-refractivity contribution in [2.75, 3.05) is 5.73 Å². The van der Waals surface area contributed by atoms with Crippen LogP contribution in [0.3, 0.4) is 0 Å². The van der Waals surface area contributed by atoms with Crippen LogP contribution in [0.1, 0.15) is 37.3 Å². The first kappa shape index (κ1) is 12.9. The summed E-state index contributed by atoms with van der Waals surface area (Å²) in [4.78, 5) is 4.02. The largest absolute Gasteiger partial charge is 0.383 e. The summed E-state index contributed by atoms with van der Waals surface area (Å²) in [5.41, 5.74) is 7.44. The maximum atomic E-state index is 12.5. The number of hydrogen-bond acceptors (Lipinski definition) is 2. The van der Waals surface area contributed by atoms with E-state index in [-0.39, 0.29) is 18.3 Å². The van der Waals surface area contributed by atoms with Gasteiger partial charge in [0, 0.05) is 12.6 Å². The third-order valence-corrected chi connectivity index (χ3v) is 2.72. The van der Waals surface area contributed by atoms with E-state index >= 15 is 0 Å². The van der Waals surface area contributed by atoms with Gasteiger partial charge in [0.25, 0.3) is 0 Å². The number of hydrogen-bond donors (Lipinski definition) is 1. The number of nitrogens with two attached hydrogens (primary N) is 1. The third-order valence-electron chi connectivity index (χ3n) is 2.72. The monoisotopic (exact) mass is 228 g/mol. The molecule has 1 atom stereocenters. The second-order valence-electron chi connectivity index (χ2n) is 4.46. The van der Waals surface area contributed by atoms with Crippen LogP contribution in [0.2, 0.25) is 0 Å². The minimum absolute atomic E-state index is 0.125. The van der Waals surface area contributed by atoms with Crippen LogP contribution < -0.4 is 5.73 Å². The van der Waals surface area contributed by atoms with Crippen LogP contribution in [0.15, 0.2) is 12.3 Å². The zero-order chi connectivity index (χ0) is 12.3. The molecule has 90 valence electrons. The number of aromatic nitrogens is 1. The average Bonchev–Trinajstić information content (AvgIpc) is 2.18. The Labute approximate surface area is 94.9 Å². The van der Waals surface area contributed by atoms with Crippen molar-refractivity contribution < 1.29 is 8.78 Å². The van der Waals surface area contributed by atoms with Gasteiger partial charge in [0.15, 0.2) is 0 Å². The van der Waals surface area contributed by atoms with Gasteiger partial charge in [0.1, 0.15) is 5.82 Å². The van der Waals surface area contributed by atoms with E-state index in [2.05, 4.69) is 4.98 Å². The van der Waals surface area contributed by atoms with Gasteiger partial charge in [-0.25, -0.2) is 13.8 Å². The number of alkyl halides is 2. The van der Waals surface area contributed by atoms with Crippen molar-refractivity contribution in [2.24, 2.45) is 5.92 Å². The van der Waals surface area contributed by atoms with Gasteiger partial charge in [-0.2, -0.15) is 0 Å². The molecule has 16 heavy (non-hydrogen) atoms. The van der Waals surface area contributed by atoms with Gasteiger partial charge in [-0.1, -0.05) is 19.9 Å². The van der Waals surface area contributed by atoms with E-state index in [0.717, 1.165) is 11.1 Å². The molecule has 4 heteroatoms. The quantitative estimate of drug-likeness (QED) is 0.858. The van der Waals surface area contributed by atoms with E-state index in [1.807, 2.05) is 26.8 Å². The Balaban J connectivity index is 3.05. The van der Waals surface area contributed by atoms with Crippen LogP contribution in [0, 0.1) is 12.8 Å². The molecule has 0 saturated carbocycles. The predicted octanol–water partition coefficient (Wildman–Crippen LogP) is 3.37. The number of anilines is 1. The summed E-state index contributed by atoms with van der Waals surface area (Å²) in [6.07, 6.45) is -0.821. The second-order valence-corrected chi connectivity index (χ2v) is 4.46. The molecule has 0 aliphatic rings. The maximum absolute atomic E-state index is 12.5. The molecule has 1 rings (SSSR count). The Morgan fingerprint density at radius 3 is 2.50 bits per heavy atom. The first-order chi connectivity index (χ1) is 7.41. The predicted molar refractivity (Wildman–Crippen MR) is 61.6 cm³/mol. The van der Waals surface area contributed by atoms with Gasteiger partial charge in [-0.3, -0.25) is 0 Å². The van der Waals surface area contributed by atoms with Crippen molar-refractivity contribution in [3.05, 3.63) is 23.4 Å². The summed E-state index contributed by atoms with van der Waals surface area (Å²) in [6.45, 7) is 5.74. The molecule has 0 aliphatic carbocycles. The van der Waals surface area contributed by atoms with Crippen LogP contribution >= 0.6 is 0 Å². The molecule has 0 amide bonds. The zero-order valence-corrected chi connectivity index (χ0v) is 9.87. The van der Waals surface area contributed by atoms with Crippen LogP contribution in [0.4, 0.5) is 14.6 Å². The molecule has 2 nitrogen and oxygen atoms in total. The Hall–Kier alpha value is -1.19. The highest BCUT2D eigenvalue weighted by Crippen LogP contribution is 2.33. The average molecular weight is 228 g/mol. The second kappa shape index (κ2) is 5.23. The number of aryl methyl sites for hydroxylation is 1.